The number of carbonyl (C=O) groups is 2. The average Bonchev–Trinajstić information content (AvgIpc) is 2.67. The molecule has 26 heavy (non-hydrogen) atoms. The standard InChI is InChI=1S/C20H16ClN3O2/c21-18-11-4-2-7-15(18)12-23-24-19(25)13-22-20(26)17-10-5-8-14-6-1-3-9-16(14)17/h1-12H,13H2,(H,22,26)(H,24,25)/b23-12-. The third kappa shape index (κ3) is 4.26. The summed E-state index contributed by atoms with van der Waals surface area (Å²) >= 11 is 6.00. The molecule has 0 aliphatic rings. The van der Waals surface area contributed by atoms with Crippen molar-refractivity contribution in [2.75, 3.05) is 6.54 Å². The highest BCUT2D eigenvalue weighted by Crippen LogP contribution is 2.18. The van der Waals surface area contributed by atoms with Crippen LogP contribution < -0.4 is 10.7 Å². The van der Waals surface area contributed by atoms with Gasteiger partial charge in [0.1, 0.15) is 0 Å². The zero-order valence-electron chi connectivity index (χ0n) is 13.8. The van der Waals surface area contributed by atoms with Gasteiger partial charge in [-0.15, -0.1) is 0 Å². The number of nitrogens with one attached hydrogen (secondary N) is 2. The molecule has 0 atom stereocenters. The molecule has 0 radical (unpaired) electrons. The zero-order valence-corrected chi connectivity index (χ0v) is 14.5. The molecule has 0 saturated heterocycles. The molecule has 0 saturated carbocycles. The van der Waals surface area contributed by atoms with E-state index in [4.69, 9.17) is 11.6 Å². The number of benzene rings is 3. The molecule has 0 heterocycles. The van der Waals surface area contributed by atoms with Gasteiger partial charge >= 0.3 is 0 Å². The zero-order chi connectivity index (χ0) is 18.4. The Bertz CT molecular complexity index is 980. The van der Waals surface area contributed by atoms with Crippen LogP contribution in [0.3, 0.4) is 0 Å². The number of nitrogens with zero attached hydrogens (tertiary/aromatic N) is 1. The van der Waals surface area contributed by atoms with Gasteiger partial charge < -0.3 is 5.32 Å². The van der Waals surface area contributed by atoms with E-state index in [0.717, 1.165) is 10.8 Å². The van der Waals surface area contributed by atoms with E-state index in [1.54, 1.807) is 24.3 Å². The van der Waals surface area contributed by atoms with Gasteiger partial charge in [-0.3, -0.25) is 9.59 Å². The first-order valence-electron chi connectivity index (χ1n) is 7.97. The minimum Gasteiger partial charge on any atom is -0.343 e. The minimum atomic E-state index is -0.429. The van der Waals surface area contributed by atoms with Gasteiger partial charge in [-0.05, 0) is 22.9 Å². The Morgan fingerprint density at radius 3 is 2.54 bits per heavy atom. The SMILES string of the molecule is O=C(CNC(=O)c1cccc2ccccc12)N/N=C\c1ccccc1Cl. The second-order valence-corrected chi connectivity index (χ2v) is 5.93. The fraction of sp³-hybridized carbons (Fsp3) is 0.0500. The van der Waals surface area contributed by atoms with Gasteiger partial charge in [-0.1, -0.05) is 66.2 Å². The molecule has 0 aliphatic heterocycles. The predicted molar refractivity (Wildman–Crippen MR) is 103 cm³/mol. The predicted octanol–water partition coefficient (Wildman–Crippen LogP) is 3.37. The van der Waals surface area contributed by atoms with Crippen molar-refractivity contribution in [2.45, 2.75) is 0 Å². The highest BCUT2D eigenvalue weighted by atomic mass is 35.5. The molecule has 0 aliphatic carbocycles. The number of amides is 2. The Balaban J connectivity index is 1.57. The lowest BCUT2D eigenvalue weighted by Crippen LogP contribution is -2.35. The van der Waals surface area contributed by atoms with Crippen molar-refractivity contribution in [1.82, 2.24) is 10.7 Å². The summed E-state index contributed by atoms with van der Waals surface area (Å²) in [5.41, 5.74) is 3.57. The summed E-state index contributed by atoms with van der Waals surface area (Å²) in [5, 5.41) is 8.78. The van der Waals surface area contributed by atoms with Crippen LogP contribution in [0.2, 0.25) is 5.02 Å². The summed E-state index contributed by atoms with van der Waals surface area (Å²) in [6.45, 7) is -0.179. The van der Waals surface area contributed by atoms with Crippen LogP contribution in [-0.2, 0) is 4.79 Å². The summed E-state index contributed by atoms with van der Waals surface area (Å²) < 4.78 is 0. The summed E-state index contributed by atoms with van der Waals surface area (Å²) in [5.74, 6) is -0.742. The fourth-order valence-corrected chi connectivity index (χ4v) is 2.66. The maximum Gasteiger partial charge on any atom is 0.259 e. The Morgan fingerprint density at radius 1 is 0.962 bits per heavy atom. The summed E-state index contributed by atoms with van der Waals surface area (Å²) in [6, 6.07) is 20.2. The van der Waals surface area contributed by atoms with E-state index in [9.17, 15) is 9.59 Å². The molecule has 0 fully saturated rings. The van der Waals surface area contributed by atoms with Gasteiger partial charge in [-0.2, -0.15) is 5.10 Å². The molecule has 0 bridgehead atoms. The Morgan fingerprint density at radius 2 is 1.69 bits per heavy atom. The number of rotatable bonds is 5. The first kappa shape index (κ1) is 17.6. The normalized spacial score (nSPS) is 10.8. The van der Waals surface area contributed by atoms with Crippen molar-refractivity contribution < 1.29 is 9.59 Å². The summed E-state index contributed by atoms with van der Waals surface area (Å²) in [4.78, 5) is 24.2. The van der Waals surface area contributed by atoms with E-state index in [0.29, 0.717) is 16.1 Å². The Labute approximate surface area is 155 Å². The van der Waals surface area contributed by atoms with Gasteiger partial charge in [0.2, 0.25) is 0 Å². The van der Waals surface area contributed by atoms with Crippen LogP contribution in [0.5, 0.6) is 0 Å². The largest absolute Gasteiger partial charge is 0.343 e. The van der Waals surface area contributed by atoms with E-state index in [1.165, 1.54) is 6.21 Å². The van der Waals surface area contributed by atoms with E-state index >= 15 is 0 Å². The molecule has 130 valence electrons. The van der Waals surface area contributed by atoms with E-state index in [2.05, 4.69) is 15.8 Å². The van der Waals surface area contributed by atoms with Gasteiger partial charge in [0.25, 0.3) is 11.8 Å². The first-order chi connectivity index (χ1) is 12.6. The van der Waals surface area contributed by atoms with Gasteiger partial charge in [0.05, 0.1) is 12.8 Å². The second kappa shape index (κ2) is 8.27. The molecule has 3 aromatic carbocycles. The number of carbonyl (C=O) groups excluding carboxylic acids is 2. The number of halogens is 1. The highest BCUT2D eigenvalue weighted by molar-refractivity contribution is 6.33. The first-order valence-corrected chi connectivity index (χ1v) is 8.35. The quantitative estimate of drug-likeness (QED) is 0.537. The van der Waals surface area contributed by atoms with Crippen LogP contribution in [0.25, 0.3) is 10.8 Å². The fourth-order valence-electron chi connectivity index (χ4n) is 2.47. The maximum atomic E-state index is 12.4. The number of fused-ring (bicyclic) bond motifs is 1. The van der Waals surface area contributed by atoms with Crippen molar-refractivity contribution in [3.63, 3.8) is 0 Å². The Hall–Kier alpha value is -3.18. The maximum absolute atomic E-state index is 12.4. The molecular formula is C20H16ClN3O2. The van der Waals surface area contributed by atoms with Crippen LogP contribution in [0.1, 0.15) is 15.9 Å². The van der Waals surface area contributed by atoms with E-state index in [-0.39, 0.29) is 12.5 Å². The van der Waals surface area contributed by atoms with Crippen molar-refractivity contribution in [3.8, 4) is 0 Å². The van der Waals surface area contributed by atoms with Crippen molar-refractivity contribution in [1.29, 1.82) is 0 Å². The van der Waals surface area contributed by atoms with Crippen molar-refractivity contribution in [2.24, 2.45) is 5.10 Å². The topological polar surface area (TPSA) is 70.6 Å². The lowest BCUT2D eigenvalue weighted by atomic mass is 10.0. The molecule has 3 aromatic rings. The average molecular weight is 366 g/mol. The molecule has 0 spiro atoms. The van der Waals surface area contributed by atoms with Gasteiger partial charge in [0, 0.05) is 16.1 Å². The molecular weight excluding hydrogens is 350 g/mol. The third-order valence-corrected chi connectivity index (χ3v) is 4.09. The molecule has 2 amide bonds. The van der Waals surface area contributed by atoms with Crippen LogP contribution in [-0.4, -0.2) is 24.6 Å². The summed E-state index contributed by atoms with van der Waals surface area (Å²) in [6.07, 6.45) is 1.45. The van der Waals surface area contributed by atoms with Crippen LogP contribution in [0.15, 0.2) is 71.8 Å². The van der Waals surface area contributed by atoms with Gasteiger partial charge in [0.15, 0.2) is 0 Å². The second-order valence-electron chi connectivity index (χ2n) is 5.52. The minimum absolute atomic E-state index is 0.179. The lowest BCUT2D eigenvalue weighted by molar-refractivity contribution is -0.120. The number of hydrogen-bond donors (Lipinski definition) is 2. The molecule has 5 nitrogen and oxygen atoms in total. The van der Waals surface area contributed by atoms with Crippen LogP contribution in [0.4, 0.5) is 0 Å². The molecule has 0 unspecified atom stereocenters. The number of hydrazone groups is 1. The highest BCUT2D eigenvalue weighted by Gasteiger charge is 2.10. The molecule has 2 N–H and O–H groups in total. The smallest absolute Gasteiger partial charge is 0.259 e. The van der Waals surface area contributed by atoms with Gasteiger partial charge in [-0.25, -0.2) is 5.43 Å². The monoisotopic (exact) mass is 365 g/mol. The molecule has 0 aromatic heterocycles. The molecule has 3 rings (SSSR count). The molecule has 6 heteroatoms. The van der Waals surface area contributed by atoms with E-state index < -0.39 is 5.91 Å². The summed E-state index contributed by atoms with van der Waals surface area (Å²) in [7, 11) is 0. The number of hydrogen-bond acceptors (Lipinski definition) is 3. The van der Waals surface area contributed by atoms with E-state index in [1.807, 2.05) is 42.5 Å². The Kier molecular flexibility index (Phi) is 5.61. The van der Waals surface area contributed by atoms with Crippen LogP contribution >= 0.6 is 11.6 Å². The van der Waals surface area contributed by atoms with Crippen molar-refractivity contribution >= 4 is 40.4 Å². The lowest BCUT2D eigenvalue weighted by Gasteiger charge is -2.07. The van der Waals surface area contributed by atoms with Crippen LogP contribution in [0, 0.1) is 0 Å². The third-order valence-electron chi connectivity index (χ3n) is 3.74. The van der Waals surface area contributed by atoms with Crippen molar-refractivity contribution in [3.05, 3.63) is 82.9 Å².